The highest BCUT2D eigenvalue weighted by Gasteiger charge is 2.43. The van der Waals surface area contributed by atoms with Gasteiger partial charge in [-0.15, -0.1) is 0 Å². The van der Waals surface area contributed by atoms with Crippen LogP contribution < -0.4 is 10.2 Å². The number of nitrogens with zero attached hydrogens (tertiary/aromatic N) is 2. The molecular weight excluding hydrogens is 455 g/mol. The zero-order chi connectivity index (χ0) is 23.7. The number of alkyl carbamates (subject to hydrolysis) is 1. The van der Waals surface area contributed by atoms with Gasteiger partial charge in [0.05, 0.1) is 25.5 Å². The fraction of sp³-hybridized carbons (Fsp3) is 0.444. The van der Waals surface area contributed by atoms with Crippen LogP contribution in [0.2, 0.25) is 0 Å². The van der Waals surface area contributed by atoms with Gasteiger partial charge in [-0.2, -0.15) is 13.2 Å². The number of H-pyrrole nitrogens is 2. The molecule has 2 aromatic rings. The van der Waals surface area contributed by atoms with Crippen molar-refractivity contribution in [1.29, 1.82) is 0 Å². The molecule has 2 heterocycles. The number of aromatic nitrogens is 3. The number of ether oxygens (including phenoxy) is 3. The SMILES string of the molecule is CCOC(=O)NC(=S)N(CCOC(c1ncc[nH]1)C(F)(F)F)c1cc[nH]c1C(=O)OCC. The summed E-state index contributed by atoms with van der Waals surface area (Å²) >= 11 is 5.21. The summed E-state index contributed by atoms with van der Waals surface area (Å²) in [6.07, 6.45) is -4.05. The van der Waals surface area contributed by atoms with Crippen LogP contribution in [-0.4, -0.2) is 64.7 Å². The van der Waals surface area contributed by atoms with Gasteiger partial charge in [0, 0.05) is 25.1 Å². The molecule has 0 radical (unpaired) electrons. The number of nitrogens with one attached hydrogen (secondary N) is 3. The third kappa shape index (κ3) is 6.68. The van der Waals surface area contributed by atoms with E-state index in [-0.39, 0.29) is 36.3 Å². The Hall–Kier alpha value is -3.13. The van der Waals surface area contributed by atoms with E-state index in [4.69, 9.17) is 26.4 Å². The number of carbonyl (C=O) groups is 2. The van der Waals surface area contributed by atoms with Crippen LogP contribution in [-0.2, 0) is 14.2 Å². The second kappa shape index (κ2) is 11.5. The molecule has 0 aliphatic heterocycles. The number of imidazole rings is 1. The molecule has 1 amide bonds. The Bertz CT molecular complexity index is 903. The normalized spacial score (nSPS) is 12.2. The first kappa shape index (κ1) is 25.1. The zero-order valence-corrected chi connectivity index (χ0v) is 18.0. The van der Waals surface area contributed by atoms with Gasteiger partial charge in [-0.05, 0) is 32.1 Å². The van der Waals surface area contributed by atoms with Crippen molar-refractivity contribution in [3.63, 3.8) is 0 Å². The van der Waals surface area contributed by atoms with Gasteiger partial charge < -0.3 is 29.1 Å². The molecule has 176 valence electrons. The summed E-state index contributed by atoms with van der Waals surface area (Å²) in [5.41, 5.74) is 0.175. The predicted octanol–water partition coefficient (Wildman–Crippen LogP) is 3.07. The number of rotatable bonds is 9. The van der Waals surface area contributed by atoms with Crippen LogP contribution in [0.5, 0.6) is 0 Å². The maximum absolute atomic E-state index is 13.4. The number of thiocarbonyl (C=S) groups is 1. The van der Waals surface area contributed by atoms with Crippen molar-refractivity contribution in [3.8, 4) is 0 Å². The molecule has 32 heavy (non-hydrogen) atoms. The molecule has 2 aromatic heterocycles. The van der Waals surface area contributed by atoms with Gasteiger partial charge in [0.15, 0.2) is 5.11 Å². The molecule has 2 rings (SSSR count). The molecule has 3 N–H and O–H groups in total. The van der Waals surface area contributed by atoms with E-state index in [0.29, 0.717) is 0 Å². The molecule has 0 saturated carbocycles. The van der Waals surface area contributed by atoms with Gasteiger partial charge in [0.1, 0.15) is 11.5 Å². The summed E-state index contributed by atoms with van der Waals surface area (Å²) < 4.78 is 54.9. The van der Waals surface area contributed by atoms with E-state index < -0.39 is 36.8 Å². The summed E-state index contributed by atoms with van der Waals surface area (Å²) in [7, 11) is 0. The summed E-state index contributed by atoms with van der Waals surface area (Å²) in [6.45, 7) is 2.65. The van der Waals surface area contributed by atoms with Gasteiger partial charge in [-0.1, -0.05) is 0 Å². The Morgan fingerprint density at radius 2 is 1.94 bits per heavy atom. The standard InChI is InChI=1S/C18H22F3N5O5S/c1-3-29-15(27)12-11(5-6-22-12)26(16(32)25-17(28)30-4-2)9-10-31-13(18(19,20)21)14-23-7-8-24-14/h5-8,13,22H,3-4,9-10H2,1-2H3,(H,23,24)(H,25,28,32). The highest BCUT2D eigenvalue weighted by atomic mass is 32.1. The lowest BCUT2D eigenvalue weighted by Crippen LogP contribution is -2.45. The second-order valence-electron chi connectivity index (χ2n) is 6.03. The maximum atomic E-state index is 13.4. The molecule has 0 spiro atoms. The van der Waals surface area contributed by atoms with Crippen LogP contribution in [0.3, 0.4) is 0 Å². The van der Waals surface area contributed by atoms with Crippen molar-refractivity contribution in [2.24, 2.45) is 0 Å². The van der Waals surface area contributed by atoms with E-state index in [9.17, 15) is 22.8 Å². The Labute approximate surface area is 186 Å². The van der Waals surface area contributed by atoms with Crippen molar-refractivity contribution >= 4 is 35.1 Å². The van der Waals surface area contributed by atoms with E-state index in [0.717, 1.165) is 0 Å². The third-order valence-electron chi connectivity index (χ3n) is 3.89. The number of amides is 1. The van der Waals surface area contributed by atoms with Crippen molar-refractivity contribution in [2.75, 3.05) is 31.3 Å². The lowest BCUT2D eigenvalue weighted by atomic mass is 10.3. The van der Waals surface area contributed by atoms with E-state index in [1.807, 2.05) is 0 Å². The topological polar surface area (TPSA) is 122 Å². The Morgan fingerprint density at radius 1 is 1.22 bits per heavy atom. The molecule has 0 aliphatic rings. The van der Waals surface area contributed by atoms with Crippen molar-refractivity contribution < 1.29 is 37.0 Å². The quantitative estimate of drug-likeness (QED) is 0.372. The fourth-order valence-corrected chi connectivity index (χ4v) is 2.89. The summed E-state index contributed by atoms with van der Waals surface area (Å²) in [5, 5.41) is 2.09. The van der Waals surface area contributed by atoms with E-state index in [1.54, 1.807) is 13.8 Å². The van der Waals surface area contributed by atoms with Crippen LogP contribution in [0.1, 0.15) is 36.3 Å². The van der Waals surface area contributed by atoms with Crippen molar-refractivity contribution in [3.05, 3.63) is 36.2 Å². The van der Waals surface area contributed by atoms with Gasteiger partial charge in [-0.3, -0.25) is 5.32 Å². The molecule has 10 nitrogen and oxygen atoms in total. The zero-order valence-electron chi connectivity index (χ0n) is 17.2. The van der Waals surface area contributed by atoms with E-state index in [2.05, 4.69) is 20.3 Å². The average Bonchev–Trinajstić information content (AvgIpc) is 3.39. The lowest BCUT2D eigenvalue weighted by molar-refractivity contribution is -0.225. The number of hydrogen-bond acceptors (Lipinski definition) is 7. The van der Waals surface area contributed by atoms with Crippen LogP contribution in [0.15, 0.2) is 24.7 Å². The average molecular weight is 477 g/mol. The fourth-order valence-electron chi connectivity index (χ4n) is 2.62. The van der Waals surface area contributed by atoms with Gasteiger partial charge in [-0.25, -0.2) is 14.6 Å². The number of hydrogen-bond donors (Lipinski definition) is 3. The molecule has 1 atom stereocenters. The van der Waals surface area contributed by atoms with Crippen LogP contribution in [0.4, 0.5) is 23.7 Å². The lowest BCUT2D eigenvalue weighted by Gasteiger charge is -2.26. The Morgan fingerprint density at radius 3 is 2.53 bits per heavy atom. The van der Waals surface area contributed by atoms with Crippen LogP contribution in [0, 0.1) is 0 Å². The van der Waals surface area contributed by atoms with Crippen molar-refractivity contribution in [1.82, 2.24) is 20.3 Å². The summed E-state index contributed by atoms with van der Waals surface area (Å²) in [5.74, 6) is -1.12. The molecular formula is C18H22F3N5O5S. The minimum absolute atomic E-state index is 0.00161. The van der Waals surface area contributed by atoms with Crippen LogP contribution >= 0.6 is 12.2 Å². The van der Waals surface area contributed by atoms with E-state index >= 15 is 0 Å². The molecule has 0 fully saturated rings. The Balaban J connectivity index is 2.22. The highest BCUT2D eigenvalue weighted by Crippen LogP contribution is 2.34. The molecule has 1 unspecified atom stereocenters. The number of alkyl halides is 3. The number of esters is 1. The van der Waals surface area contributed by atoms with Crippen LogP contribution in [0.25, 0.3) is 0 Å². The van der Waals surface area contributed by atoms with Gasteiger partial charge >= 0.3 is 18.2 Å². The number of aromatic amines is 2. The molecule has 0 aromatic carbocycles. The first-order valence-corrected chi connectivity index (χ1v) is 9.87. The van der Waals surface area contributed by atoms with Crippen molar-refractivity contribution in [2.45, 2.75) is 26.1 Å². The molecule has 0 aliphatic carbocycles. The highest BCUT2D eigenvalue weighted by molar-refractivity contribution is 7.80. The minimum atomic E-state index is -4.73. The second-order valence-corrected chi connectivity index (χ2v) is 6.41. The molecule has 0 bridgehead atoms. The first-order valence-electron chi connectivity index (χ1n) is 9.46. The molecule has 14 heteroatoms. The summed E-state index contributed by atoms with van der Waals surface area (Å²) in [4.78, 5) is 33.9. The Kier molecular flexibility index (Phi) is 9.02. The summed E-state index contributed by atoms with van der Waals surface area (Å²) in [6, 6.07) is 1.46. The third-order valence-corrected chi connectivity index (χ3v) is 4.21. The number of anilines is 1. The van der Waals surface area contributed by atoms with Gasteiger partial charge in [0.25, 0.3) is 0 Å². The minimum Gasteiger partial charge on any atom is -0.461 e. The number of halogens is 3. The molecule has 0 saturated heterocycles. The van der Waals surface area contributed by atoms with Gasteiger partial charge in [0.2, 0.25) is 6.10 Å². The monoisotopic (exact) mass is 477 g/mol. The first-order chi connectivity index (χ1) is 15.2. The number of carbonyl (C=O) groups excluding carboxylic acids is 2. The van der Waals surface area contributed by atoms with E-state index in [1.165, 1.54) is 29.6 Å². The largest absolute Gasteiger partial charge is 0.461 e. The maximum Gasteiger partial charge on any atom is 0.421 e. The predicted molar refractivity (Wildman–Crippen MR) is 110 cm³/mol. The smallest absolute Gasteiger partial charge is 0.421 e.